The third-order valence-electron chi connectivity index (χ3n) is 6.10. The van der Waals surface area contributed by atoms with Gasteiger partial charge in [0.2, 0.25) is 0 Å². The van der Waals surface area contributed by atoms with E-state index in [1.807, 2.05) is 79.1 Å². The highest BCUT2D eigenvalue weighted by atomic mass is 32.2. The van der Waals surface area contributed by atoms with Crippen molar-refractivity contribution in [3.8, 4) is 22.5 Å². The van der Waals surface area contributed by atoms with Gasteiger partial charge in [0, 0.05) is 44.2 Å². The number of fused-ring (bicyclic) bond motifs is 1. The molecule has 0 saturated heterocycles. The molecule has 2 aromatic carbocycles. The molecule has 0 aliphatic carbocycles. The van der Waals surface area contributed by atoms with Crippen LogP contribution in [0.1, 0.15) is 5.56 Å². The van der Waals surface area contributed by atoms with Gasteiger partial charge in [0.25, 0.3) is 10.1 Å². The number of pyridine rings is 2. The van der Waals surface area contributed by atoms with E-state index in [0.29, 0.717) is 12.4 Å². The van der Waals surface area contributed by atoms with Crippen molar-refractivity contribution in [2.45, 2.75) is 18.4 Å². The van der Waals surface area contributed by atoms with E-state index in [2.05, 4.69) is 9.97 Å². The van der Waals surface area contributed by atoms with E-state index in [1.165, 1.54) is 0 Å². The summed E-state index contributed by atoms with van der Waals surface area (Å²) >= 11 is 0. The molecule has 3 heterocycles. The third-order valence-corrected chi connectivity index (χ3v) is 7.42. The second-order valence-corrected chi connectivity index (χ2v) is 10.5. The summed E-state index contributed by atoms with van der Waals surface area (Å²) in [5, 5.41) is 0. The molecule has 8 nitrogen and oxygen atoms in total. The molecule has 188 valence electrons. The highest BCUT2D eigenvalue weighted by molar-refractivity contribution is 7.86. The molecule has 0 aliphatic rings. The topological polar surface area (TPSA) is 90.2 Å². The largest absolute Gasteiger partial charge is 0.363 e. The Kier molecular flexibility index (Phi) is 6.73. The zero-order chi connectivity index (χ0) is 26.0. The van der Waals surface area contributed by atoms with Gasteiger partial charge in [-0.25, -0.2) is 9.97 Å². The van der Waals surface area contributed by atoms with Crippen molar-refractivity contribution in [2.24, 2.45) is 0 Å². The molecule has 5 rings (SSSR count). The van der Waals surface area contributed by atoms with Crippen LogP contribution in [-0.4, -0.2) is 48.6 Å². The van der Waals surface area contributed by atoms with Gasteiger partial charge in [-0.15, -0.1) is 0 Å². The lowest BCUT2D eigenvalue weighted by molar-refractivity contribution is 0.303. The van der Waals surface area contributed by atoms with Gasteiger partial charge in [0.05, 0.1) is 28.7 Å². The second kappa shape index (κ2) is 10.1. The van der Waals surface area contributed by atoms with Crippen molar-refractivity contribution in [2.75, 3.05) is 25.6 Å². The number of aromatic nitrogens is 4. The third kappa shape index (κ3) is 5.23. The van der Waals surface area contributed by atoms with Crippen molar-refractivity contribution in [3.63, 3.8) is 0 Å². The average molecular weight is 514 g/mol. The van der Waals surface area contributed by atoms with Crippen molar-refractivity contribution < 1.29 is 12.6 Å². The minimum absolute atomic E-state index is 0.0362. The van der Waals surface area contributed by atoms with E-state index in [9.17, 15) is 8.42 Å². The Labute approximate surface area is 216 Å². The lowest BCUT2D eigenvalue weighted by atomic mass is 10.1. The van der Waals surface area contributed by atoms with Crippen molar-refractivity contribution in [1.82, 2.24) is 19.5 Å². The molecule has 3 aromatic heterocycles. The van der Waals surface area contributed by atoms with Crippen LogP contribution < -0.4 is 4.90 Å². The summed E-state index contributed by atoms with van der Waals surface area (Å²) in [7, 11) is 0.0553. The maximum atomic E-state index is 12.7. The van der Waals surface area contributed by atoms with Crippen molar-refractivity contribution >= 4 is 27.0 Å². The summed E-state index contributed by atoms with van der Waals surface area (Å²) < 4.78 is 32.6. The molecule has 0 bridgehead atoms. The lowest BCUT2D eigenvalue weighted by Gasteiger charge is -2.12. The zero-order valence-electron chi connectivity index (χ0n) is 20.9. The summed E-state index contributed by atoms with van der Waals surface area (Å²) in [5.41, 5.74) is 5.52. The van der Waals surface area contributed by atoms with Gasteiger partial charge in [0.1, 0.15) is 11.6 Å². The van der Waals surface area contributed by atoms with Gasteiger partial charge in [-0.2, -0.15) is 8.42 Å². The Hall–Kier alpha value is -4.08. The van der Waals surface area contributed by atoms with Crippen LogP contribution in [0.3, 0.4) is 0 Å². The first kappa shape index (κ1) is 24.6. The molecule has 0 unspecified atom stereocenters. The van der Waals surface area contributed by atoms with Crippen LogP contribution in [-0.2, 0) is 20.8 Å². The number of nitrogens with zero attached hydrogens (tertiary/aromatic N) is 5. The molecule has 0 fully saturated rings. The van der Waals surface area contributed by atoms with Crippen molar-refractivity contribution in [1.29, 1.82) is 0 Å². The Morgan fingerprint density at radius 2 is 1.57 bits per heavy atom. The molecule has 0 atom stereocenters. The Bertz CT molecular complexity index is 1630. The molecule has 0 amide bonds. The smallest absolute Gasteiger partial charge is 0.297 e. The first-order valence-electron chi connectivity index (χ1n) is 11.8. The maximum absolute atomic E-state index is 12.7. The van der Waals surface area contributed by atoms with E-state index < -0.39 is 10.1 Å². The number of benzene rings is 2. The molecule has 37 heavy (non-hydrogen) atoms. The average Bonchev–Trinajstić information content (AvgIpc) is 3.27. The van der Waals surface area contributed by atoms with Crippen LogP contribution in [0, 0.1) is 6.92 Å². The van der Waals surface area contributed by atoms with E-state index in [1.54, 1.807) is 36.7 Å². The first-order valence-corrected chi connectivity index (χ1v) is 13.2. The summed E-state index contributed by atoms with van der Waals surface area (Å²) in [4.78, 5) is 15.6. The molecular formula is C28H27N5O3S. The number of aryl methyl sites for hydroxylation is 1. The number of hydrogen-bond donors (Lipinski definition) is 0. The predicted octanol–water partition coefficient (Wildman–Crippen LogP) is 4.94. The summed E-state index contributed by atoms with van der Waals surface area (Å²) in [6, 6.07) is 20.5. The first-order chi connectivity index (χ1) is 17.8. The molecular weight excluding hydrogens is 486 g/mol. The van der Waals surface area contributed by atoms with Gasteiger partial charge in [-0.1, -0.05) is 42.0 Å². The molecule has 5 aromatic rings. The standard InChI is InChI=1S/C28H27N5O3S/c1-20-4-11-24(12-5-20)37(34,35)36-17-16-33-26-19-29-15-14-25(26)31-28(33)22-8-6-21(7-9-22)23-10-13-27(30-18-23)32(2)3/h4-15,18-19H,16-17H2,1-3H3. The Morgan fingerprint density at radius 1 is 0.865 bits per heavy atom. The van der Waals surface area contributed by atoms with Gasteiger partial charge >= 0.3 is 0 Å². The minimum atomic E-state index is -3.86. The Balaban J connectivity index is 1.40. The van der Waals surface area contributed by atoms with Gasteiger partial charge in [-0.3, -0.25) is 9.17 Å². The van der Waals surface area contributed by atoms with E-state index >= 15 is 0 Å². The van der Waals surface area contributed by atoms with Crippen LogP contribution in [0.25, 0.3) is 33.5 Å². The maximum Gasteiger partial charge on any atom is 0.297 e. The molecule has 9 heteroatoms. The normalized spacial score (nSPS) is 11.6. The second-order valence-electron chi connectivity index (χ2n) is 8.92. The predicted molar refractivity (Wildman–Crippen MR) is 145 cm³/mol. The fourth-order valence-corrected chi connectivity index (χ4v) is 4.96. The summed E-state index contributed by atoms with van der Waals surface area (Å²) in [6.07, 6.45) is 5.28. The number of rotatable bonds is 8. The van der Waals surface area contributed by atoms with Crippen LogP contribution >= 0.6 is 0 Å². The number of imidazole rings is 1. The Morgan fingerprint density at radius 3 is 2.24 bits per heavy atom. The zero-order valence-corrected chi connectivity index (χ0v) is 21.7. The molecule has 0 radical (unpaired) electrons. The fraction of sp³-hybridized carbons (Fsp3) is 0.179. The van der Waals surface area contributed by atoms with Crippen LogP contribution in [0.5, 0.6) is 0 Å². The van der Waals surface area contributed by atoms with Crippen LogP contribution in [0.2, 0.25) is 0 Å². The van der Waals surface area contributed by atoms with Gasteiger partial charge in [-0.05, 0) is 42.8 Å². The quantitative estimate of drug-likeness (QED) is 0.272. The number of anilines is 1. The van der Waals surface area contributed by atoms with Gasteiger partial charge in [0.15, 0.2) is 0 Å². The molecule has 0 spiro atoms. The molecule has 0 aliphatic heterocycles. The van der Waals surface area contributed by atoms with Crippen molar-refractivity contribution in [3.05, 3.63) is 90.9 Å². The minimum Gasteiger partial charge on any atom is -0.363 e. The molecule has 0 N–H and O–H groups in total. The monoisotopic (exact) mass is 513 g/mol. The lowest BCUT2D eigenvalue weighted by Crippen LogP contribution is -2.13. The van der Waals surface area contributed by atoms with Crippen LogP contribution in [0.4, 0.5) is 5.82 Å². The van der Waals surface area contributed by atoms with E-state index in [0.717, 1.165) is 39.1 Å². The molecule has 0 saturated carbocycles. The SMILES string of the molecule is Cc1ccc(S(=O)(=O)OCCn2c(-c3ccc(-c4ccc(N(C)C)nc4)cc3)nc3ccncc32)cc1. The summed E-state index contributed by atoms with van der Waals surface area (Å²) in [6.45, 7) is 2.16. The number of hydrogen-bond acceptors (Lipinski definition) is 7. The van der Waals surface area contributed by atoms with Gasteiger partial charge < -0.3 is 9.47 Å². The fourth-order valence-electron chi connectivity index (χ4n) is 4.06. The van der Waals surface area contributed by atoms with Crippen LogP contribution in [0.15, 0.2) is 90.2 Å². The highest BCUT2D eigenvalue weighted by Crippen LogP contribution is 2.28. The van der Waals surface area contributed by atoms with E-state index in [-0.39, 0.29) is 11.5 Å². The highest BCUT2D eigenvalue weighted by Gasteiger charge is 2.17. The van der Waals surface area contributed by atoms with E-state index in [4.69, 9.17) is 9.17 Å². The summed E-state index contributed by atoms with van der Waals surface area (Å²) in [5.74, 6) is 1.61.